The number of piperazine rings is 1. The Bertz CT molecular complexity index is 864. The van der Waals surface area contributed by atoms with E-state index in [1.54, 1.807) is 0 Å². The number of quaternary nitrogens is 2. The number of hydrogen-bond acceptors (Lipinski definition) is 3. The van der Waals surface area contributed by atoms with Crippen molar-refractivity contribution in [1.29, 1.82) is 5.26 Å². The van der Waals surface area contributed by atoms with E-state index in [1.165, 1.54) is 15.4 Å². The zero-order valence-electron chi connectivity index (χ0n) is 17.3. The molecule has 6 nitrogen and oxygen atoms in total. The minimum absolute atomic E-state index is 0.138. The predicted molar refractivity (Wildman–Crippen MR) is 113 cm³/mol. The van der Waals surface area contributed by atoms with Crippen LogP contribution >= 0.6 is 0 Å². The summed E-state index contributed by atoms with van der Waals surface area (Å²) in [6.45, 7) is 7.62. The highest BCUT2D eigenvalue weighted by molar-refractivity contribution is 5.82. The van der Waals surface area contributed by atoms with Crippen LogP contribution in [0.3, 0.4) is 0 Å². The minimum Gasteiger partial charge on any atom is -0.378 e. The van der Waals surface area contributed by atoms with Gasteiger partial charge in [-0.2, -0.15) is 5.26 Å². The summed E-state index contributed by atoms with van der Waals surface area (Å²) in [7, 11) is 0. The first-order chi connectivity index (χ1) is 14.7. The van der Waals surface area contributed by atoms with Crippen LogP contribution in [0.1, 0.15) is 22.7 Å². The van der Waals surface area contributed by atoms with E-state index in [0.29, 0.717) is 31.9 Å². The van der Waals surface area contributed by atoms with Gasteiger partial charge in [0.15, 0.2) is 6.04 Å². The maximum atomic E-state index is 13.4. The van der Waals surface area contributed by atoms with E-state index in [9.17, 15) is 4.79 Å². The summed E-state index contributed by atoms with van der Waals surface area (Å²) in [5.41, 5.74) is 3.08. The Labute approximate surface area is 178 Å². The number of amides is 1. The molecule has 2 fully saturated rings. The van der Waals surface area contributed by atoms with Crippen LogP contribution in [0.25, 0.3) is 0 Å². The average Bonchev–Trinajstić information content (AvgIpc) is 2.82. The smallest absolute Gasteiger partial charge is 0.285 e. The molecule has 0 radical (unpaired) electrons. The number of carbonyl (C=O) groups is 1. The number of nitrogens with one attached hydrogen (secondary N) is 2. The molecule has 0 bridgehead atoms. The van der Waals surface area contributed by atoms with Gasteiger partial charge in [0.1, 0.15) is 32.7 Å². The van der Waals surface area contributed by atoms with E-state index in [1.807, 2.05) is 35.2 Å². The summed E-state index contributed by atoms with van der Waals surface area (Å²) in [6, 6.07) is 20.2. The zero-order chi connectivity index (χ0) is 20.8. The summed E-state index contributed by atoms with van der Waals surface area (Å²) in [4.78, 5) is 18.3. The molecule has 2 heterocycles. The quantitative estimate of drug-likeness (QED) is 0.700. The largest absolute Gasteiger partial charge is 0.378 e. The van der Waals surface area contributed by atoms with Gasteiger partial charge in [-0.15, -0.1) is 0 Å². The van der Waals surface area contributed by atoms with E-state index in [0.717, 1.165) is 38.3 Å². The van der Waals surface area contributed by atoms with Gasteiger partial charge < -0.3 is 19.4 Å². The molecule has 2 N–H and O–H groups in total. The molecule has 0 aliphatic carbocycles. The Morgan fingerprint density at radius 1 is 1.00 bits per heavy atom. The van der Waals surface area contributed by atoms with Crippen LogP contribution in [-0.4, -0.2) is 63.3 Å². The summed E-state index contributed by atoms with van der Waals surface area (Å²) < 4.78 is 5.44. The molecule has 2 aromatic carbocycles. The van der Waals surface area contributed by atoms with Gasteiger partial charge in [0, 0.05) is 24.2 Å². The molecule has 156 valence electrons. The maximum absolute atomic E-state index is 13.4. The van der Waals surface area contributed by atoms with Gasteiger partial charge in [-0.3, -0.25) is 4.79 Å². The molecule has 2 saturated heterocycles. The highest BCUT2D eigenvalue weighted by Crippen LogP contribution is 2.14. The number of benzene rings is 2. The molecular weight excluding hydrogens is 376 g/mol. The number of morpholine rings is 1. The Morgan fingerprint density at radius 2 is 1.67 bits per heavy atom. The Balaban J connectivity index is 1.42. The van der Waals surface area contributed by atoms with E-state index in [2.05, 4.69) is 30.3 Å². The van der Waals surface area contributed by atoms with Crippen LogP contribution in [0.5, 0.6) is 0 Å². The van der Waals surface area contributed by atoms with Crippen LogP contribution in [0.2, 0.25) is 0 Å². The van der Waals surface area contributed by atoms with Crippen molar-refractivity contribution in [2.75, 3.05) is 52.5 Å². The lowest BCUT2D eigenvalue weighted by molar-refractivity contribution is -1.03. The normalized spacial score (nSPS) is 22.8. The predicted octanol–water partition coefficient (Wildman–Crippen LogP) is -0.558. The van der Waals surface area contributed by atoms with Crippen LogP contribution < -0.4 is 9.80 Å². The second-order valence-electron chi connectivity index (χ2n) is 8.18. The third kappa shape index (κ3) is 4.88. The summed E-state index contributed by atoms with van der Waals surface area (Å²) in [6.07, 6.45) is 0. The standard InChI is InChI=1S/C24H28N4O2/c25-18-20-6-8-21(9-7-20)19-26-10-12-27(13-11-26)23(22-4-2-1-3-5-22)24(29)28-14-16-30-17-15-28/h1-9,23H,10-17,19H2/p+2/t23-/m1/s1. The van der Waals surface area contributed by atoms with Crippen molar-refractivity contribution >= 4 is 5.91 Å². The fraction of sp³-hybridized carbons (Fsp3) is 0.417. The fourth-order valence-corrected chi connectivity index (χ4v) is 4.54. The third-order valence-corrected chi connectivity index (χ3v) is 6.25. The topological polar surface area (TPSA) is 62.2 Å². The molecule has 0 spiro atoms. The van der Waals surface area contributed by atoms with Crippen molar-refractivity contribution in [3.8, 4) is 6.07 Å². The van der Waals surface area contributed by atoms with Crippen molar-refractivity contribution in [3.63, 3.8) is 0 Å². The van der Waals surface area contributed by atoms with Gasteiger partial charge >= 0.3 is 0 Å². The van der Waals surface area contributed by atoms with E-state index in [-0.39, 0.29) is 11.9 Å². The van der Waals surface area contributed by atoms with Crippen molar-refractivity contribution in [2.45, 2.75) is 12.6 Å². The SMILES string of the molecule is N#Cc1ccc(C[NH+]2CC[NH+]([C@@H](C(=O)N3CCOCC3)c3ccccc3)CC2)cc1. The number of ether oxygens (including phenoxy) is 1. The summed E-state index contributed by atoms with van der Waals surface area (Å²) >= 11 is 0. The first kappa shape index (κ1) is 20.5. The number of nitriles is 1. The van der Waals surface area contributed by atoms with Crippen molar-refractivity contribution < 1.29 is 19.3 Å². The fourth-order valence-electron chi connectivity index (χ4n) is 4.54. The molecule has 0 aromatic heterocycles. The van der Waals surface area contributed by atoms with Gasteiger partial charge in [-0.25, -0.2) is 0 Å². The van der Waals surface area contributed by atoms with Crippen LogP contribution in [0, 0.1) is 11.3 Å². The summed E-state index contributed by atoms with van der Waals surface area (Å²) in [5.74, 6) is 0.232. The molecule has 4 rings (SSSR count). The van der Waals surface area contributed by atoms with Gasteiger partial charge in [-0.05, 0) is 12.1 Å². The highest BCUT2D eigenvalue weighted by atomic mass is 16.5. The van der Waals surface area contributed by atoms with E-state index >= 15 is 0 Å². The number of hydrogen-bond donors (Lipinski definition) is 2. The molecule has 0 saturated carbocycles. The molecule has 2 aliphatic rings. The Morgan fingerprint density at radius 3 is 2.30 bits per heavy atom. The van der Waals surface area contributed by atoms with Crippen molar-refractivity contribution in [3.05, 3.63) is 71.3 Å². The van der Waals surface area contributed by atoms with Gasteiger partial charge in [0.05, 0.1) is 24.8 Å². The van der Waals surface area contributed by atoms with Crippen LogP contribution in [-0.2, 0) is 16.1 Å². The lowest BCUT2D eigenvalue weighted by Crippen LogP contribution is -3.28. The van der Waals surface area contributed by atoms with Gasteiger partial charge in [0.25, 0.3) is 5.91 Å². The number of nitrogens with zero attached hydrogens (tertiary/aromatic N) is 2. The average molecular weight is 407 g/mol. The molecule has 1 amide bonds. The van der Waals surface area contributed by atoms with Crippen molar-refractivity contribution in [2.24, 2.45) is 0 Å². The minimum atomic E-state index is -0.138. The molecular formula is C24H30N4O2+2. The second-order valence-corrected chi connectivity index (χ2v) is 8.18. The van der Waals surface area contributed by atoms with Gasteiger partial charge in [0.2, 0.25) is 0 Å². The van der Waals surface area contributed by atoms with E-state index < -0.39 is 0 Å². The Hall–Kier alpha value is -2.72. The number of carbonyl (C=O) groups excluding carboxylic acids is 1. The molecule has 2 aromatic rings. The zero-order valence-corrected chi connectivity index (χ0v) is 17.3. The van der Waals surface area contributed by atoms with Crippen molar-refractivity contribution in [1.82, 2.24) is 4.90 Å². The number of rotatable bonds is 5. The molecule has 2 aliphatic heterocycles. The monoisotopic (exact) mass is 406 g/mol. The highest BCUT2D eigenvalue weighted by Gasteiger charge is 2.38. The first-order valence-electron chi connectivity index (χ1n) is 10.8. The molecule has 30 heavy (non-hydrogen) atoms. The molecule has 6 heteroatoms. The lowest BCUT2D eigenvalue weighted by atomic mass is 10.0. The first-order valence-corrected chi connectivity index (χ1v) is 10.8. The molecule has 1 atom stereocenters. The van der Waals surface area contributed by atoms with Gasteiger partial charge in [-0.1, -0.05) is 42.5 Å². The Kier molecular flexibility index (Phi) is 6.75. The third-order valence-electron chi connectivity index (χ3n) is 6.25. The summed E-state index contributed by atoms with van der Waals surface area (Å²) in [5, 5.41) is 8.97. The van der Waals surface area contributed by atoms with Crippen LogP contribution in [0.15, 0.2) is 54.6 Å². The van der Waals surface area contributed by atoms with E-state index in [4.69, 9.17) is 10.00 Å². The second kappa shape index (κ2) is 9.86. The van der Waals surface area contributed by atoms with Crippen LogP contribution in [0.4, 0.5) is 0 Å². The maximum Gasteiger partial charge on any atom is 0.285 e. The molecule has 0 unspecified atom stereocenters. The lowest BCUT2D eigenvalue weighted by Gasteiger charge is -2.37.